The van der Waals surface area contributed by atoms with Gasteiger partial charge in [0.05, 0.1) is 29.0 Å². The zero-order valence-electron chi connectivity index (χ0n) is 8.01. The van der Waals surface area contributed by atoms with Crippen molar-refractivity contribution in [1.82, 2.24) is 8.75 Å². The lowest BCUT2D eigenvalue weighted by Gasteiger charge is -2.07. The fourth-order valence-corrected chi connectivity index (χ4v) is 1.97. The molecule has 4 N–H and O–H groups in total. The Bertz CT molecular complexity index is 540. The van der Waals surface area contributed by atoms with Crippen molar-refractivity contribution in [2.45, 2.75) is 0 Å². The fraction of sp³-hybridized carbons (Fsp3) is 0.125. The van der Waals surface area contributed by atoms with E-state index in [1.54, 1.807) is 12.1 Å². The van der Waals surface area contributed by atoms with Gasteiger partial charge < -0.3 is 16.3 Å². The smallest absolute Gasteiger partial charge is 0.158 e. The number of rotatable bonds is 3. The van der Waals surface area contributed by atoms with E-state index in [-0.39, 0.29) is 12.4 Å². The Kier molecular flexibility index (Phi) is 3.07. The third-order valence-corrected chi connectivity index (χ3v) is 2.81. The molecule has 2 rings (SSSR count). The van der Waals surface area contributed by atoms with Gasteiger partial charge in [-0.15, -0.1) is 0 Å². The van der Waals surface area contributed by atoms with Gasteiger partial charge in [0.25, 0.3) is 0 Å². The summed E-state index contributed by atoms with van der Waals surface area (Å²) in [7, 11) is 0. The van der Waals surface area contributed by atoms with E-state index in [4.69, 9.17) is 22.5 Å². The monoisotopic (exact) mass is 257 g/mol. The summed E-state index contributed by atoms with van der Waals surface area (Å²) in [5.41, 5.74) is 7.43. The van der Waals surface area contributed by atoms with Crippen molar-refractivity contribution in [1.29, 1.82) is 0 Å². The lowest BCUT2D eigenvalue weighted by Crippen LogP contribution is -2.22. The van der Waals surface area contributed by atoms with Crippen LogP contribution < -0.4 is 11.1 Å². The zero-order valence-corrected chi connectivity index (χ0v) is 9.59. The molecule has 0 saturated heterocycles. The number of hydrogen-bond donors (Lipinski definition) is 3. The van der Waals surface area contributed by atoms with Crippen LogP contribution in [0.2, 0.25) is 5.02 Å². The standard InChI is InChI=1S/C8H8ClN5OS/c9-4-1-2-5-8(14-16-13-5)7(4)11-3-6(10)12-15/h1-2,11,15H,3H2,(H2,10,12). The van der Waals surface area contributed by atoms with Gasteiger partial charge in [0.1, 0.15) is 11.0 Å². The molecule has 84 valence electrons. The molecule has 0 atom stereocenters. The third-order valence-electron chi connectivity index (χ3n) is 1.95. The summed E-state index contributed by atoms with van der Waals surface area (Å²) in [5, 5.41) is 14.7. The van der Waals surface area contributed by atoms with Crippen LogP contribution >= 0.6 is 23.3 Å². The van der Waals surface area contributed by atoms with Crippen LogP contribution in [0.4, 0.5) is 5.69 Å². The van der Waals surface area contributed by atoms with Crippen LogP contribution in [0.15, 0.2) is 17.3 Å². The van der Waals surface area contributed by atoms with Gasteiger partial charge in [0.15, 0.2) is 5.84 Å². The maximum atomic E-state index is 8.42. The minimum Gasteiger partial charge on any atom is -0.409 e. The Morgan fingerprint density at radius 1 is 1.56 bits per heavy atom. The Hall–Kier alpha value is -1.60. The highest BCUT2D eigenvalue weighted by Crippen LogP contribution is 2.29. The third kappa shape index (κ3) is 2.00. The fourth-order valence-electron chi connectivity index (χ4n) is 1.21. The van der Waals surface area contributed by atoms with Crippen LogP contribution in [-0.4, -0.2) is 26.3 Å². The van der Waals surface area contributed by atoms with Crippen molar-refractivity contribution in [2.75, 3.05) is 11.9 Å². The molecular formula is C8H8ClN5OS. The van der Waals surface area contributed by atoms with E-state index in [1.165, 1.54) is 0 Å². The van der Waals surface area contributed by atoms with Gasteiger partial charge in [-0.25, -0.2) is 0 Å². The normalized spacial score (nSPS) is 11.9. The minimum absolute atomic E-state index is 0.0660. The average molecular weight is 258 g/mol. The molecule has 6 nitrogen and oxygen atoms in total. The number of nitrogens with two attached hydrogens (primary N) is 1. The van der Waals surface area contributed by atoms with Crippen molar-refractivity contribution >= 4 is 45.9 Å². The number of hydrogen-bond acceptors (Lipinski definition) is 6. The number of fused-ring (bicyclic) bond motifs is 1. The van der Waals surface area contributed by atoms with Gasteiger partial charge >= 0.3 is 0 Å². The predicted octanol–water partition coefficient (Wildman–Crippen LogP) is 1.50. The first-order valence-electron chi connectivity index (χ1n) is 4.33. The Labute approximate surface area is 100 Å². The molecule has 0 aliphatic carbocycles. The first kappa shape index (κ1) is 10.9. The zero-order chi connectivity index (χ0) is 11.5. The number of oxime groups is 1. The van der Waals surface area contributed by atoms with Crippen molar-refractivity contribution < 1.29 is 5.21 Å². The molecule has 0 bridgehead atoms. The van der Waals surface area contributed by atoms with Crippen LogP contribution in [0.3, 0.4) is 0 Å². The maximum absolute atomic E-state index is 8.42. The van der Waals surface area contributed by atoms with Crippen molar-refractivity contribution in [2.24, 2.45) is 10.9 Å². The van der Waals surface area contributed by atoms with Gasteiger partial charge in [0.2, 0.25) is 0 Å². The number of halogens is 1. The quantitative estimate of drug-likeness (QED) is 0.335. The maximum Gasteiger partial charge on any atom is 0.158 e. The molecule has 0 fully saturated rings. The molecule has 16 heavy (non-hydrogen) atoms. The summed E-state index contributed by atoms with van der Waals surface area (Å²) in [5.74, 6) is 0.0660. The van der Waals surface area contributed by atoms with Crippen molar-refractivity contribution in [3.05, 3.63) is 17.2 Å². The van der Waals surface area contributed by atoms with E-state index in [2.05, 4.69) is 19.2 Å². The first-order valence-corrected chi connectivity index (χ1v) is 5.44. The van der Waals surface area contributed by atoms with Gasteiger partial charge in [-0.1, -0.05) is 16.8 Å². The topological polar surface area (TPSA) is 96.4 Å². The molecular weight excluding hydrogens is 250 g/mol. The molecule has 0 unspecified atom stereocenters. The summed E-state index contributed by atoms with van der Waals surface area (Å²) in [6.07, 6.45) is 0. The Morgan fingerprint density at radius 3 is 3.12 bits per heavy atom. The summed E-state index contributed by atoms with van der Waals surface area (Å²) in [6, 6.07) is 3.51. The molecule has 0 aliphatic heterocycles. The van der Waals surface area contributed by atoms with Crippen LogP contribution in [0.1, 0.15) is 0 Å². The Morgan fingerprint density at radius 2 is 2.38 bits per heavy atom. The van der Waals surface area contributed by atoms with Gasteiger partial charge in [-0.3, -0.25) is 0 Å². The van der Waals surface area contributed by atoms with E-state index < -0.39 is 0 Å². The SMILES string of the molecule is NC(CNc1c(Cl)ccc2nsnc12)=NO. The molecule has 1 aromatic heterocycles. The van der Waals surface area contributed by atoms with Crippen molar-refractivity contribution in [3.63, 3.8) is 0 Å². The van der Waals surface area contributed by atoms with Gasteiger partial charge in [0, 0.05) is 0 Å². The molecule has 0 spiro atoms. The van der Waals surface area contributed by atoms with E-state index in [1.807, 2.05) is 0 Å². The molecule has 1 aromatic carbocycles. The Balaban J connectivity index is 2.34. The molecule has 0 saturated carbocycles. The van der Waals surface area contributed by atoms with Crippen LogP contribution in [0, 0.1) is 0 Å². The molecule has 2 aromatic rings. The second-order valence-electron chi connectivity index (χ2n) is 3.00. The second kappa shape index (κ2) is 4.50. The second-order valence-corrected chi connectivity index (χ2v) is 3.93. The van der Waals surface area contributed by atoms with E-state index in [9.17, 15) is 0 Å². The molecule has 0 radical (unpaired) electrons. The van der Waals surface area contributed by atoms with Crippen LogP contribution in [0.25, 0.3) is 11.0 Å². The van der Waals surface area contributed by atoms with Crippen molar-refractivity contribution in [3.8, 4) is 0 Å². The number of nitrogens with one attached hydrogen (secondary N) is 1. The highest BCUT2D eigenvalue weighted by Gasteiger charge is 2.09. The number of anilines is 1. The summed E-state index contributed by atoms with van der Waals surface area (Å²) >= 11 is 7.12. The lowest BCUT2D eigenvalue weighted by molar-refractivity contribution is 0.317. The molecule has 1 heterocycles. The van der Waals surface area contributed by atoms with Crippen LogP contribution in [-0.2, 0) is 0 Å². The van der Waals surface area contributed by atoms with E-state index in [0.29, 0.717) is 16.2 Å². The highest BCUT2D eigenvalue weighted by atomic mass is 35.5. The van der Waals surface area contributed by atoms with Gasteiger partial charge in [-0.05, 0) is 12.1 Å². The van der Waals surface area contributed by atoms with Gasteiger partial charge in [-0.2, -0.15) is 8.75 Å². The largest absolute Gasteiger partial charge is 0.409 e. The molecule has 8 heteroatoms. The molecule has 0 aliphatic rings. The minimum atomic E-state index is 0.0660. The summed E-state index contributed by atoms with van der Waals surface area (Å²) < 4.78 is 8.21. The summed E-state index contributed by atoms with van der Waals surface area (Å²) in [6.45, 7) is 0.187. The number of nitrogens with zero attached hydrogens (tertiary/aromatic N) is 3. The number of benzene rings is 1. The number of amidine groups is 1. The predicted molar refractivity (Wildman–Crippen MR) is 64.3 cm³/mol. The summed E-state index contributed by atoms with van der Waals surface area (Å²) in [4.78, 5) is 0. The molecule has 0 amide bonds. The number of aromatic nitrogens is 2. The van der Waals surface area contributed by atoms with E-state index in [0.717, 1.165) is 17.2 Å². The highest BCUT2D eigenvalue weighted by molar-refractivity contribution is 7.00. The van der Waals surface area contributed by atoms with Crippen LogP contribution in [0.5, 0.6) is 0 Å². The first-order chi connectivity index (χ1) is 7.72. The van der Waals surface area contributed by atoms with E-state index >= 15 is 0 Å². The lowest BCUT2D eigenvalue weighted by atomic mass is 10.2. The average Bonchev–Trinajstić information content (AvgIpc) is 2.75.